The fraction of sp³-hybridized carbons (Fsp3) is 1.00. The maximum absolute atomic E-state index is 3.44. The Kier molecular flexibility index (Phi) is 2.35. The summed E-state index contributed by atoms with van der Waals surface area (Å²) in [7, 11) is 0. The average molecular weight is 141 g/mol. The minimum Gasteiger partial charge on any atom is -0.316 e. The lowest BCUT2D eigenvalue weighted by Crippen LogP contribution is -2.42. The molecule has 1 aliphatic heterocycles. The molecule has 1 heterocycles. The molecule has 1 heteroatoms. The maximum atomic E-state index is 3.44. The molecule has 60 valence electrons. The summed E-state index contributed by atoms with van der Waals surface area (Å²) < 4.78 is 0. The summed E-state index contributed by atoms with van der Waals surface area (Å²) in [6, 6.07) is 0. The van der Waals surface area contributed by atoms with Gasteiger partial charge in [0.2, 0.25) is 0 Å². The Morgan fingerprint density at radius 1 is 1.50 bits per heavy atom. The normalized spacial score (nSPS) is 32.1. The van der Waals surface area contributed by atoms with Crippen LogP contribution in [-0.4, -0.2) is 13.1 Å². The van der Waals surface area contributed by atoms with E-state index in [9.17, 15) is 0 Å². The van der Waals surface area contributed by atoms with Gasteiger partial charge in [-0.2, -0.15) is 0 Å². The molecule has 1 unspecified atom stereocenters. The number of hydrogen-bond donors (Lipinski definition) is 1. The van der Waals surface area contributed by atoms with Gasteiger partial charge in [0.15, 0.2) is 0 Å². The largest absolute Gasteiger partial charge is 0.316 e. The minimum atomic E-state index is 0.535. The van der Waals surface area contributed by atoms with Crippen LogP contribution in [0.3, 0.4) is 0 Å². The summed E-state index contributed by atoms with van der Waals surface area (Å²) in [6.45, 7) is 9.46. The van der Waals surface area contributed by atoms with Crippen LogP contribution in [0.15, 0.2) is 0 Å². The predicted molar refractivity (Wildman–Crippen MR) is 45.0 cm³/mol. The minimum absolute atomic E-state index is 0.535. The van der Waals surface area contributed by atoms with Crippen LogP contribution in [0, 0.1) is 11.3 Å². The third kappa shape index (κ3) is 1.51. The smallest absolute Gasteiger partial charge is 0.000518 e. The Morgan fingerprint density at radius 2 is 2.20 bits per heavy atom. The predicted octanol–water partition coefficient (Wildman–Crippen LogP) is 2.03. The van der Waals surface area contributed by atoms with Crippen molar-refractivity contribution in [2.75, 3.05) is 13.1 Å². The zero-order valence-corrected chi connectivity index (χ0v) is 7.41. The quantitative estimate of drug-likeness (QED) is 0.589. The monoisotopic (exact) mass is 141 g/mol. The molecule has 0 radical (unpaired) electrons. The molecule has 0 aromatic carbocycles. The zero-order chi connectivity index (χ0) is 7.61. The second-order valence-electron chi connectivity index (χ2n) is 4.06. The third-order valence-corrected chi connectivity index (χ3v) is 2.85. The lowest BCUT2D eigenvalue weighted by Gasteiger charge is -2.38. The highest BCUT2D eigenvalue weighted by atomic mass is 14.9. The molecule has 0 aromatic heterocycles. The Morgan fingerprint density at radius 3 is 2.60 bits per heavy atom. The average Bonchev–Trinajstić information content (AvgIpc) is 1.87. The van der Waals surface area contributed by atoms with Crippen molar-refractivity contribution in [1.29, 1.82) is 0 Å². The van der Waals surface area contributed by atoms with Crippen LogP contribution in [0.2, 0.25) is 0 Å². The molecule has 0 saturated carbocycles. The molecule has 1 N–H and O–H groups in total. The molecule has 1 fully saturated rings. The summed E-state index contributed by atoms with van der Waals surface area (Å²) >= 11 is 0. The van der Waals surface area contributed by atoms with Crippen LogP contribution in [0.1, 0.15) is 33.6 Å². The Balaban J connectivity index is 2.51. The van der Waals surface area contributed by atoms with E-state index < -0.39 is 0 Å². The van der Waals surface area contributed by atoms with Gasteiger partial charge < -0.3 is 5.32 Å². The van der Waals surface area contributed by atoms with Gasteiger partial charge in [0.25, 0.3) is 0 Å². The third-order valence-electron chi connectivity index (χ3n) is 2.85. The maximum Gasteiger partial charge on any atom is 0.000518 e. The van der Waals surface area contributed by atoms with E-state index in [0.29, 0.717) is 5.41 Å². The first-order valence-electron chi connectivity index (χ1n) is 4.37. The molecule has 1 nitrogen and oxygen atoms in total. The van der Waals surface area contributed by atoms with Crippen molar-refractivity contribution < 1.29 is 0 Å². The van der Waals surface area contributed by atoms with E-state index in [-0.39, 0.29) is 0 Å². The van der Waals surface area contributed by atoms with Crippen LogP contribution >= 0.6 is 0 Å². The van der Waals surface area contributed by atoms with Gasteiger partial charge in [0.05, 0.1) is 0 Å². The fourth-order valence-corrected chi connectivity index (χ4v) is 1.98. The van der Waals surface area contributed by atoms with Crippen LogP contribution in [0.4, 0.5) is 0 Å². The molecule has 1 saturated heterocycles. The zero-order valence-electron chi connectivity index (χ0n) is 7.41. The van der Waals surface area contributed by atoms with Gasteiger partial charge >= 0.3 is 0 Å². The molecular formula is C9H19N. The van der Waals surface area contributed by atoms with Crippen LogP contribution < -0.4 is 5.32 Å². The number of nitrogens with one attached hydrogen (secondary N) is 1. The van der Waals surface area contributed by atoms with Gasteiger partial charge in [-0.1, -0.05) is 27.2 Å². The van der Waals surface area contributed by atoms with E-state index in [2.05, 4.69) is 26.1 Å². The van der Waals surface area contributed by atoms with Gasteiger partial charge in [0.1, 0.15) is 0 Å². The number of hydrogen-bond acceptors (Lipinski definition) is 1. The number of rotatable bonds is 1. The van der Waals surface area contributed by atoms with Crippen LogP contribution in [0.5, 0.6) is 0 Å². The first-order valence-corrected chi connectivity index (χ1v) is 4.37. The number of piperidine rings is 1. The molecule has 0 bridgehead atoms. The summed E-state index contributed by atoms with van der Waals surface area (Å²) in [4.78, 5) is 0. The highest BCUT2D eigenvalue weighted by molar-refractivity contribution is 4.84. The van der Waals surface area contributed by atoms with Crippen molar-refractivity contribution in [2.24, 2.45) is 11.3 Å². The first-order chi connectivity index (χ1) is 4.67. The van der Waals surface area contributed by atoms with Gasteiger partial charge in [-0.15, -0.1) is 0 Å². The van der Waals surface area contributed by atoms with E-state index >= 15 is 0 Å². The molecule has 10 heavy (non-hydrogen) atoms. The van der Waals surface area contributed by atoms with Crippen molar-refractivity contribution in [3.05, 3.63) is 0 Å². The van der Waals surface area contributed by atoms with Crippen molar-refractivity contribution in [3.8, 4) is 0 Å². The molecule has 0 spiro atoms. The Hall–Kier alpha value is -0.0400. The Bertz CT molecular complexity index is 107. The highest BCUT2D eigenvalue weighted by Crippen LogP contribution is 2.33. The summed E-state index contributed by atoms with van der Waals surface area (Å²) in [5.74, 6) is 0.939. The van der Waals surface area contributed by atoms with Gasteiger partial charge in [-0.25, -0.2) is 0 Å². The first kappa shape index (κ1) is 8.06. The molecular weight excluding hydrogens is 122 g/mol. The van der Waals surface area contributed by atoms with E-state index in [1.807, 2.05) is 0 Å². The van der Waals surface area contributed by atoms with Crippen molar-refractivity contribution in [3.63, 3.8) is 0 Å². The second-order valence-corrected chi connectivity index (χ2v) is 4.06. The lowest BCUT2D eigenvalue weighted by atomic mass is 9.73. The molecule has 0 amide bonds. The SMILES string of the molecule is CCC1CCNCC1(C)C. The topological polar surface area (TPSA) is 12.0 Å². The molecule has 0 aromatic rings. The lowest BCUT2D eigenvalue weighted by molar-refractivity contribution is 0.151. The highest BCUT2D eigenvalue weighted by Gasteiger charge is 2.30. The molecule has 1 aliphatic rings. The standard InChI is InChI=1S/C9H19N/c1-4-8-5-6-10-7-9(8,2)3/h8,10H,4-7H2,1-3H3. The summed E-state index contributed by atoms with van der Waals surface area (Å²) in [6.07, 6.45) is 2.71. The van der Waals surface area contributed by atoms with E-state index in [4.69, 9.17) is 0 Å². The van der Waals surface area contributed by atoms with E-state index in [1.165, 1.54) is 25.9 Å². The Labute approximate surface area is 64.2 Å². The molecule has 1 rings (SSSR count). The summed E-state index contributed by atoms with van der Waals surface area (Å²) in [5.41, 5.74) is 0.535. The van der Waals surface area contributed by atoms with E-state index in [0.717, 1.165) is 5.92 Å². The van der Waals surface area contributed by atoms with Crippen LogP contribution in [-0.2, 0) is 0 Å². The van der Waals surface area contributed by atoms with Crippen molar-refractivity contribution in [2.45, 2.75) is 33.6 Å². The van der Waals surface area contributed by atoms with Gasteiger partial charge in [-0.3, -0.25) is 0 Å². The molecule has 1 atom stereocenters. The second kappa shape index (κ2) is 2.91. The van der Waals surface area contributed by atoms with Crippen LogP contribution in [0.25, 0.3) is 0 Å². The van der Waals surface area contributed by atoms with Gasteiger partial charge in [-0.05, 0) is 24.3 Å². The fourth-order valence-electron chi connectivity index (χ4n) is 1.98. The van der Waals surface area contributed by atoms with Crippen molar-refractivity contribution in [1.82, 2.24) is 5.32 Å². The van der Waals surface area contributed by atoms with Crippen molar-refractivity contribution >= 4 is 0 Å². The molecule has 0 aliphatic carbocycles. The summed E-state index contributed by atoms with van der Waals surface area (Å²) in [5, 5.41) is 3.44. The van der Waals surface area contributed by atoms with E-state index in [1.54, 1.807) is 0 Å². The van der Waals surface area contributed by atoms with Gasteiger partial charge in [0, 0.05) is 6.54 Å².